The molecular formula is C12H10FN3O2S2. The molecule has 5 nitrogen and oxygen atoms in total. The predicted molar refractivity (Wildman–Crippen MR) is 71.9 cm³/mol. The summed E-state index contributed by atoms with van der Waals surface area (Å²) in [6, 6.07) is 4.77. The van der Waals surface area contributed by atoms with Gasteiger partial charge in [-0.05, 0) is 18.2 Å². The smallest absolute Gasteiger partial charge is 0.243 e. The fraction of sp³-hybridized carbons (Fsp3) is 0.167. The molecule has 8 heteroatoms. The largest absolute Gasteiger partial charge is 0.248 e. The minimum absolute atomic E-state index is 0.116. The third-order valence-corrected chi connectivity index (χ3v) is 5.07. The lowest BCUT2D eigenvalue weighted by Crippen LogP contribution is -2.26. The molecule has 0 aliphatic heterocycles. The number of sulfonamides is 1. The molecule has 2 aromatic rings. The monoisotopic (exact) mass is 311 g/mol. The highest BCUT2D eigenvalue weighted by Crippen LogP contribution is 2.19. The van der Waals surface area contributed by atoms with Gasteiger partial charge in [-0.3, -0.25) is 0 Å². The first-order valence-electron chi connectivity index (χ1n) is 5.48. The zero-order valence-electron chi connectivity index (χ0n) is 10.4. The van der Waals surface area contributed by atoms with Gasteiger partial charge in [-0.1, -0.05) is 0 Å². The molecule has 0 unspecified atom stereocenters. The van der Waals surface area contributed by atoms with Crippen LogP contribution in [0.25, 0.3) is 0 Å². The Balaban J connectivity index is 2.33. The van der Waals surface area contributed by atoms with Crippen LogP contribution < -0.4 is 0 Å². The molecule has 1 heterocycles. The maximum absolute atomic E-state index is 13.2. The molecule has 0 spiro atoms. The first kappa shape index (κ1) is 14.6. The van der Waals surface area contributed by atoms with E-state index in [4.69, 9.17) is 5.26 Å². The molecule has 0 atom stereocenters. The van der Waals surface area contributed by atoms with Crippen LogP contribution in [0, 0.1) is 17.1 Å². The standard InChI is InChI=1S/C12H10FN3O2S2/c1-16(6-10-7-19-8-15-10)20(17,18)11-2-3-12(13)9(4-11)5-14/h2-4,7-8H,6H2,1H3. The highest BCUT2D eigenvalue weighted by atomic mass is 32.2. The molecule has 0 saturated carbocycles. The molecule has 0 aliphatic rings. The van der Waals surface area contributed by atoms with Gasteiger partial charge in [-0.25, -0.2) is 17.8 Å². The van der Waals surface area contributed by atoms with Gasteiger partial charge < -0.3 is 0 Å². The summed E-state index contributed by atoms with van der Waals surface area (Å²) in [5.41, 5.74) is 1.94. The maximum atomic E-state index is 13.2. The maximum Gasteiger partial charge on any atom is 0.243 e. The van der Waals surface area contributed by atoms with E-state index in [9.17, 15) is 12.8 Å². The van der Waals surface area contributed by atoms with E-state index in [1.165, 1.54) is 18.4 Å². The summed E-state index contributed by atoms with van der Waals surface area (Å²) in [4.78, 5) is 3.89. The van der Waals surface area contributed by atoms with Gasteiger partial charge in [0.15, 0.2) is 0 Å². The van der Waals surface area contributed by atoms with Crippen LogP contribution in [0.4, 0.5) is 4.39 Å². The number of thiazole rings is 1. The fourth-order valence-electron chi connectivity index (χ4n) is 1.56. The summed E-state index contributed by atoms with van der Waals surface area (Å²) in [5, 5.41) is 10.5. The normalized spacial score (nSPS) is 11.5. The Bertz CT molecular complexity index is 752. The quantitative estimate of drug-likeness (QED) is 0.865. The summed E-state index contributed by atoms with van der Waals surface area (Å²) in [6.07, 6.45) is 0. The van der Waals surface area contributed by atoms with Crippen molar-refractivity contribution in [1.82, 2.24) is 9.29 Å². The van der Waals surface area contributed by atoms with Gasteiger partial charge in [-0.2, -0.15) is 9.57 Å². The van der Waals surface area contributed by atoms with Crippen molar-refractivity contribution in [2.75, 3.05) is 7.05 Å². The summed E-state index contributed by atoms with van der Waals surface area (Å²) >= 11 is 1.37. The summed E-state index contributed by atoms with van der Waals surface area (Å²) in [5.74, 6) is -0.742. The molecule has 0 fully saturated rings. The Hall–Kier alpha value is -1.82. The highest BCUT2D eigenvalue weighted by Gasteiger charge is 2.22. The molecule has 1 aromatic carbocycles. The van der Waals surface area contributed by atoms with Crippen molar-refractivity contribution >= 4 is 21.4 Å². The molecule has 0 saturated heterocycles. The number of nitriles is 1. The number of halogens is 1. The van der Waals surface area contributed by atoms with E-state index in [-0.39, 0.29) is 17.0 Å². The van der Waals surface area contributed by atoms with Crippen LogP contribution in [0.5, 0.6) is 0 Å². The number of benzene rings is 1. The molecule has 0 radical (unpaired) electrons. The molecule has 0 N–H and O–H groups in total. The van der Waals surface area contributed by atoms with Gasteiger partial charge in [0, 0.05) is 12.4 Å². The Morgan fingerprint density at radius 2 is 2.25 bits per heavy atom. The Labute approximate surface area is 120 Å². The second-order valence-corrected chi connectivity index (χ2v) is 6.76. The zero-order valence-corrected chi connectivity index (χ0v) is 12.1. The minimum Gasteiger partial charge on any atom is -0.248 e. The average molecular weight is 311 g/mol. The van der Waals surface area contributed by atoms with Crippen LogP contribution in [-0.4, -0.2) is 24.8 Å². The van der Waals surface area contributed by atoms with Gasteiger partial charge in [0.25, 0.3) is 0 Å². The summed E-state index contributed by atoms with van der Waals surface area (Å²) in [7, 11) is -2.38. The number of aromatic nitrogens is 1. The van der Waals surface area contributed by atoms with E-state index < -0.39 is 15.8 Å². The number of hydrogen-bond acceptors (Lipinski definition) is 5. The molecular weight excluding hydrogens is 301 g/mol. The van der Waals surface area contributed by atoms with Crippen molar-refractivity contribution in [1.29, 1.82) is 5.26 Å². The van der Waals surface area contributed by atoms with Crippen LogP contribution >= 0.6 is 11.3 Å². The van der Waals surface area contributed by atoms with Gasteiger partial charge in [0.05, 0.1) is 28.2 Å². The van der Waals surface area contributed by atoms with Crippen molar-refractivity contribution in [3.05, 3.63) is 46.2 Å². The van der Waals surface area contributed by atoms with Crippen LogP contribution in [0.15, 0.2) is 34.0 Å². The molecule has 1 aromatic heterocycles. The zero-order chi connectivity index (χ0) is 14.8. The first-order chi connectivity index (χ1) is 9.45. The Morgan fingerprint density at radius 1 is 1.50 bits per heavy atom. The number of rotatable bonds is 4. The van der Waals surface area contributed by atoms with Crippen molar-refractivity contribution in [2.45, 2.75) is 11.4 Å². The number of nitrogens with zero attached hydrogens (tertiary/aromatic N) is 3. The van der Waals surface area contributed by atoms with E-state index in [1.807, 2.05) is 0 Å². The predicted octanol–water partition coefficient (Wildman–Crippen LogP) is 1.97. The summed E-state index contributed by atoms with van der Waals surface area (Å²) < 4.78 is 38.9. The minimum atomic E-state index is -3.78. The lowest BCUT2D eigenvalue weighted by atomic mass is 10.2. The second-order valence-electron chi connectivity index (χ2n) is 3.99. The van der Waals surface area contributed by atoms with E-state index >= 15 is 0 Å². The van der Waals surface area contributed by atoms with E-state index in [2.05, 4.69) is 4.98 Å². The van der Waals surface area contributed by atoms with Gasteiger partial charge in [-0.15, -0.1) is 11.3 Å². The topological polar surface area (TPSA) is 74.1 Å². The van der Waals surface area contributed by atoms with Gasteiger partial charge in [0.1, 0.15) is 11.9 Å². The molecule has 0 aliphatic carbocycles. The molecule has 2 rings (SSSR count). The Morgan fingerprint density at radius 3 is 2.85 bits per heavy atom. The number of hydrogen-bond donors (Lipinski definition) is 0. The third kappa shape index (κ3) is 2.85. The SMILES string of the molecule is CN(Cc1cscn1)S(=O)(=O)c1ccc(F)c(C#N)c1. The van der Waals surface area contributed by atoms with Crippen molar-refractivity contribution in [2.24, 2.45) is 0 Å². The molecule has 0 bridgehead atoms. The van der Waals surface area contributed by atoms with Crippen LogP contribution in [0.1, 0.15) is 11.3 Å². The van der Waals surface area contributed by atoms with E-state index in [0.717, 1.165) is 22.5 Å². The van der Waals surface area contributed by atoms with Crippen molar-refractivity contribution in [3.8, 4) is 6.07 Å². The lowest BCUT2D eigenvalue weighted by molar-refractivity contribution is 0.463. The fourth-order valence-corrected chi connectivity index (χ4v) is 3.28. The van der Waals surface area contributed by atoms with Gasteiger partial charge in [0.2, 0.25) is 10.0 Å². The third-order valence-electron chi connectivity index (χ3n) is 2.63. The Kier molecular flexibility index (Phi) is 4.13. The average Bonchev–Trinajstić information content (AvgIpc) is 2.91. The molecule has 0 amide bonds. The lowest BCUT2D eigenvalue weighted by Gasteiger charge is -2.16. The molecule has 20 heavy (non-hydrogen) atoms. The van der Waals surface area contributed by atoms with E-state index in [0.29, 0.717) is 5.69 Å². The van der Waals surface area contributed by atoms with Gasteiger partial charge >= 0.3 is 0 Å². The first-order valence-corrected chi connectivity index (χ1v) is 7.86. The van der Waals surface area contributed by atoms with Crippen LogP contribution in [-0.2, 0) is 16.6 Å². The van der Waals surface area contributed by atoms with E-state index in [1.54, 1.807) is 17.0 Å². The van der Waals surface area contributed by atoms with Crippen LogP contribution in [0.3, 0.4) is 0 Å². The highest BCUT2D eigenvalue weighted by molar-refractivity contribution is 7.89. The van der Waals surface area contributed by atoms with Crippen molar-refractivity contribution < 1.29 is 12.8 Å². The molecule has 104 valence electrons. The van der Waals surface area contributed by atoms with Crippen LogP contribution in [0.2, 0.25) is 0 Å². The van der Waals surface area contributed by atoms with Crippen molar-refractivity contribution in [3.63, 3.8) is 0 Å². The summed E-state index contributed by atoms with van der Waals surface area (Å²) in [6.45, 7) is 0.116. The second kappa shape index (κ2) is 5.66.